The lowest BCUT2D eigenvalue weighted by atomic mass is 10.1. The summed E-state index contributed by atoms with van der Waals surface area (Å²) in [7, 11) is -3.47. The molecular formula is C22H25N5O3S2. The van der Waals surface area contributed by atoms with Gasteiger partial charge in [-0.2, -0.15) is 0 Å². The van der Waals surface area contributed by atoms with Crippen molar-refractivity contribution in [2.45, 2.75) is 25.8 Å². The minimum Gasteiger partial charge on any atom is -0.371 e. The van der Waals surface area contributed by atoms with Crippen molar-refractivity contribution in [3.8, 4) is 10.6 Å². The van der Waals surface area contributed by atoms with Crippen molar-refractivity contribution in [2.75, 3.05) is 29.0 Å². The molecule has 32 heavy (non-hydrogen) atoms. The highest BCUT2D eigenvalue weighted by molar-refractivity contribution is 7.91. The summed E-state index contributed by atoms with van der Waals surface area (Å²) in [5, 5.41) is 3.02. The monoisotopic (exact) mass is 471 g/mol. The number of rotatable bonds is 7. The standard InChI is InChI=1S/C22H25N5O3S2/c1-32(29,30)26-22-23-12-11-17(25-22)19-9-10-20(31-19)21(28)24-15-16-7-3-4-8-18(16)27-13-5-2-6-14-27/h3-4,7-12H,2,5-6,13-15H2,1H3,(H,24,28)(H,23,25,26). The van der Waals surface area contributed by atoms with Crippen LogP contribution in [0.15, 0.2) is 48.7 Å². The molecule has 3 aromatic rings. The second-order valence-electron chi connectivity index (χ2n) is 7.66. The number of carbonyl (C=O) groups is 1. The molecule has 0 spiro atoms. The maximum atomic E-state index is 12.8. The molecule has 0 aliphatic carbocycles. The van der Waals surface area contributed by atoms with Crippen LogP contribution in [0.3, 0.4) is 0 Å². The van der Waals surface area contributed by atoms with Crippen molar-refractivity contribution in [3.05, 3.63) is 59.1 Å². The third kappa shape index (κ3) is 5.63. The molecule has 0 unspecified atom stereocenters. The highest BCUT2D eigenvalue weighted by atomic mass is 32.2. The maximum absolute atomic E-state index is 12.8. The number of nitrogens with one attached hydrogen (secondary N) is 2. The van der Waals surface area contributed by atoms with Gasteiger partial charge < -0.3 is 10.2 Å². The number of hydrogen-bond acceptors (Lipinski definition) is 7. The Bertz CT molecular complexity index is 1200. The molecule has 1 fully saturated rings. The van der Waals surface area contributed by atoms with Crippen LogP contribution in [-0.4, -0.2) is 43.6 Å². The molecule has 8 nitrogen and oxygen atoms in total. The van der Waals surface area contributed by atoms with E-state index >= 15 is 0 Å². The minimum absolute atomic E-state index is 0.00118. The zero-order valence-corrected chi connectivity index (χ0v) is 19.4. The van der Waals surface area contributed by atoms with Crippen molar-refractivity contribution >= 4 is 38.9 Å². The lowest BCUT2D eigenvalue weighted by Crippen LogP contribution is -2.31. The van der Waals surface area contributed by atoms with Crippen LogP contribution in [0.4, 0.5) is 11.6 Å². The van der Waals surface area contributed by atoms with Crippen molar-refractivity contribution in [1.82, 2.24) is 15.3 Å². The van der Waals surface area contributed by atoms with Crippen LogP contribution in [0.25, 0.3) is 10.6 Å². The third-order valence-electron chi connectivity index (χ3n) is 5.14. The van der Waals surface area contributed by atoms with Gasteiger partial charge in [-0.05, 0) is 49.1 Å². The highest BCUT2D eigenvalue weighted by Crippen LogP contribution is 2.28. The Balaban J connectivity index is 1.44. The van der Waals surface area contributed by atoms with Gasteiger partial charge in [-0.1, -0.05) is 18.2 Å². The van der Waals surface area contributed by atoms with Gasteiger partial charge in [-0.3, -0.25) is 9.52 Å². The van der Waals surface area contributed by atoms with E-state index in [-0.39, 0.29) is 11.9 Å². The van der Waals surface area contributed by atoms with Crippen LogP contribution in [0.5, 0.6) is 0 Å². The molecule has 1 aromatic carbocycles. The van der Waals surface area contributed by atoms with E-state index in [0.717, 1.165) is 29.8 Å². The molecule has 0 saturated carbocycles. The molecule has 0 atom stereocenters. The van der Waals surface area contributed by atoms with E-state index in [4.69, 9.17) is 0 Å². The Kier molecular flexibility index (Phi) is 6.71. The van der Waals surface area contributed by atoms with Gasteiger partial charge in [0.1, 0.15) is 0 Å². The quantitative estimate of drug-likeness (QED) is 0.547. The second kappa shape index (κ2) is 9.66. The lowest BCUT2D eigenvalue weighted by Gasteiger charge is -2.30. The number of sulfonamides is 1. The first kappa shape index (κ1) is 22.2. The molecule has 1 saturated heterocycles. The van der Waals surface area contributed by atoms with Crippen LogP contribution in [0.2, 0.25) is 0 Å². The van der Waals surface area contributed by atoms with Crippen LogP contribution >= 0.6 is 11.3 Å². The molecule has 3 heterocycles. The Hall–Kier alpha value is -2.98. The summed E-state index contributed by atoms with van der Waals surface area (Å²) in [6.45, 7) is 2.55. The second-order valence-corrected chi connectivity index (χ2v) is 10.5. The number of para-hydroxylation sites is 1. The van der Waals surface area contributed by atoms with Crippen molar-refractivity contribution in [1.29, 1.82) is 0 Å². The summed E-state index contributed by atoms with van der Waals surface area (Å²) in [6.07, 6.45) is 6.19. The Morgan fingerprint density at radius 2 is 1.88 bits per heavy atom. The number of amides is 1. The molecule has 1 aliphatic heterocycles. The van der Waals surface area contributed by atoms with Crippen molar-refractivity contribution in [3.63, 3.8) is 0 Å². The van der Waals surface area contributed by atoms with E-state index in [1.54, 1.807) is 18.2 Å². The average molecular weight is 472 g/mol. The molecular weight excluding hydrogens is 446 g/mol. The van der Waals surface area contributed by atoms with Crippen LogP contribution in [0, 0.1) is 0 Å². The summed E-state index contributed by atoms with van der Waals surface area (Å²) in [5.41, 5.74) is 2.84. The minimum atomic E-state index is -3.47. The smallest absolute Gasteiger partial charge is 0.261 e. The summed E-state index contributed by atoms with van der Waals surface area (Å²) < 4.78 is 25.1. The predicted molar refractivity (Wildman–Crippen MR) is 127 cm³/mol. The van der Waals surface area contributed by atoms with Gasteiger partial charge in [0, 0.05) is 31.5 Å². The molecule has 0 radical (unpaired) electrons. The van der Waals surface area contributed by atoms with Gasteiger partial charge in [0.25, 0.3) is 5.91 Å². The molecule has 2 aromatic heterocycles. The fourth-order valence-electron chi connectivity index (χ4n) is 3.67. The first-order valence-corrected chi connectivity index (χ1v) is 13.1. The SMILES string of the molecule is CS(=O)(=O)Nc1nccc(-c2ccc(C(=O)NCc3ccccc3N3CCCCC3)s2)n1. The largest absolute Gasteiger partial charge is 0.371 e. The van der Waals surface area contributed by atoms with Gasteiger partial charge in [-0.25, -0.2) is 18.4 Å². The Labute approximate surface area is 191 Å². The molecule has 1 aliphatic rings. The Morgan fingerprint density at radius 1 is 1.09 bits per heavy atom. The van der Waals surface area contributed by atoms with Crippen LogP contribution in [0.1, 0.15) is 34.5 Å². The lowest BCUT2D eigenvalue weighted by molar-refractivity contribution is 0.0955. The molecule has 2 N–H and O–H groups in total. The molecule has 4 rings (SSSR count). The molecule has 1 amide bonds. The predicted octanol–water partition coefficient (Wildman–Crippen LogP) is 3.50. The molecule has 10 heteroatoms. The number of hydrogen-bond donors (Lipinski definition) is 2. The van der Waals surface area contributed by atoms with E-state index in [2.05, 4.69) is 37.0 Å². The number of nitrogens with zero attached hydrogens (tertiary/aromatic N) is 3. The van der Waals surface area contributed by atoms with Crippen molar-refractivity contribution < 1.29 is 13.2 Å². The fourth-order valence-corrected chi connectivity index (χ4v) is 5.00. The number of piperidine rings is 1. The maximum Gasteiger partial charge on any atom is 0.261 e. The van der Waals surface area contributed by atoms with Crippen molar-refractivity contribution in [2.24, 2.45) is 0 Å². The number of anilines is 2. The number of aromatic nitrogens is 2. The van der Waals surface area contributed by atoms with Gasteiger partial charge in [0.15, 0.2) is 0 Å². The van der Waals surface area contributed by atoms with E-state index in [1.807, 2.05) is 12.1 Å². The summed E-state index contributed by atoms with van der Waals surface area (Å²) >= 11 is 1.30. The average Bonchev–Trinajstić information content (AvgIpc) is 3.28. The normalized spacial score (nSPS) is 14.2. The van der Waals surface area contributed by atoms with Gasteiger partial charge in [-0.15, -0.1) is 11.3 Å². The summed E-state index contributed by atoms with van der Waals surface area (Å²) in [5.74, 6) is -0.156. The molecule has 0 bridgehead atoms. The summed E-state index contributed by atoms with van der Waals surface area (Å²) in [4.78, 5) is 24.6. The molecule has 168 valence electrons. The first-order chi connectivity index (χ1) is 15.4. The van der Waals surface area contributed by atoms with E-state index < -0.39 is 10.0 Å². The Morgan fingerprint density at radius 3 is 2.66 bits per heavy atom. The number of thiophene rings is 1. The van der Waals surface area contributed by atoms with E-state index in [9.17, 15) is 13.2 Å². The van der Waals surface area contributed by atoms with Crippen LogP contribution < -0.4 is 14.9 Å². The highest BCUT2D eigenvalue weighted by Gasteiger charge is 2.16. The van der Waals surface area contributed by atoms with Gasteiger partial charge in [0.2, 0.25) is 16.0 Å². The summed E-state index contributed by atoms with van der Waals surface area (Å²) in [6, 6.07) is 13.4. The van der Waals surface area contributed by atoms with Gasteiger partial charge in [0.05, 0.1) is 21.7 Å². The van der Waals surface area contributed by atoms with Crippen LogP contribution in [-0.2, 0) is 16.6 Å². The zero-order chi connectivity index (χ0) is 22.6. The number of carbonyl (C=O) groups excluding carboxylic acids is 1. The third-order valence-corrected chi connectivity index (χ3v) is 6.80. The van der Waals surface area contributed by atoms with E-state index in [1.165, 1.54) is 42.5 Å². The zero-order valence-electron chi connectivity index (χ0n) is 17.7. The van der Waals surface area contributed by atoms with Gasteiger partial charge >= 0.3 is 0 Å². The fraction of sp³-hybridized carbons (Fsp3) is 0.318. The number of benzene rings is 1. The van der Waals surface area contributed by atoms with E-state index in [0.29, 0.717) is 17.1 Å². The first-order valence-electron chi connectivity index (χ1n) is 10.4. The topological polar surface area (TPSA) is 104 Å².